The molecule has 0 heterocycles. The summed E-state index contributed by atoms with van der Waals surface area (Å²) >= 11 is 5.68. The van der Waals surface area contributed by atoms with Crippen LogP contribution >= 0.6 is 11.6 Å². The molecular weight excluding hydrogens is 189 g/mol. The molecule has 0 saturated heterocycles. The fourth-order valence-corrected chi connectivity index (χ4v) is 1.99. The molecule has 0 amide bonds. The van der Waals surface area contributed by atoms with Crippen molar-refractivity contribution in [2.75, 3.05) is 0 Å². The van der Waals surface area contributed by atoms with Crippen molar-refractivity contribution in [1.82, 2.24) is 0 Å². The summed E-state index contributed by atoms with van der Waals surface area (Å²) in [5.74, 6) is -0.258. The van der Waals surface area contributed by atoms with Crippen LogP contribution in [-0.2, 0) is 12.8 Å². The van der Waals surface area contributed by atoms with Gasteiger partial charge >= 0.3 is 0 Å². The van der Waals surface area contributed by atoms with Crippen LogP contribution in [0.15, 0.2) is 12.1 Å². The van der Waals surface area contributed by atoms with Crippen molar-refractivity contribution in [3.8, 4) is 0 Å². The molecule has 1 unspecified atom stereocenters. The third kappa shape index (κ3) is 1.56. The zero-order valence-corrected chi connectivity index (χ0v) is 7.94. The molecule has 1 aromatic carbocycles. The molecule has 2 N–H and O–H groups in total. The number of hydrogen-bond acceptors (Lipinski definition) is 1. The van der Waals surface area contributed by atoms with Gasteiger partial charge in [-0.05, 0) is 36.5 Å². The smallest absolute Gasteiger partial charge is 0.145 e. The van der Waals surface area contributed by atoms with Gasteiger partial charge in [-0.15, -0.1) is 0 Å². The quantitative estimate of drug-likeness (QED) is 0.682. The number of nitrogens with two attached hydrogens (primary N) is 1. The summed E-state index contributed by atoms with van der Waals surface area (Å²) in [5, 5.41) is 0.217. The van der Waals surface area contributed by atoms with Crippen LogP contribution in [0.5, 0.6) is 0 Å². The van der Waals surface area contributed by atoms with Crippen molar-refractivity contribution in [3.63, 3.8) is 0 Å². The number of fused-ring (bicyclic) bond motifs is 1. The van der Waals surface area contributed by atoms with Crippen molar-refractivity contribution in [3.05, 3.63) is 34.1 Å². The predicted octanol–water partition coefficient (Wildman–Crippen LogP) is 2.30. The largest absolute Gasteiger partial charge is 0.327 e. The monoisotopic (exact) mass is 199 g/mol. The molecule has 1 aliphatic rings. The summed E-state index contributed by atoms with van der Waals surface area (Å²) in [4.78, 5) is 0. The number of hydrogen-bond donors (Lipinski definition) is 1. The second-order valence-electron chi connectivity index (χ2n) is 3.50. The van der Waals surface area contributed by atoms with Gasteiger partial charge in [0.15, 0.2) is 0 Å². The highest BCUT2D eigenvalue weighted by molar-refractivity contribution is 6.30. The molecule has 0 fully saturated rings. The Bertz CT molecular complexity index is 338. The lowest BCUT2D eigenvalue weighted by Gasteiger charge is -2.21. The van der Waals surface area contributed by atoms with E-state index >= 15 is 0 Å². The molecular formula is C10H11ClFN. The Labute approximate surface area is 81.7 Å². The second-order valence-corrected chi connectivity index (χ2v) is 3.91. The van der Waals surface area contributed by atoms with Crippen LogP contribution in [-0.4, -0.2) is 6.04 Å². The second kappa shape index (κ2) is 3.28. The fraction of sp³-hybridized carbons (Fsp3) is 0.400. The van der Waals surface area contributed by atoms with Gasteiger partial charge in [-0.1, -0.05) is 17.7 Å². The van der Waals surface area contributed by atoms with Crippen molar-refractivity contribution in [2.24, 2.45) is 5.73 Å². The maximum absolute atomic E-state index is 13.4. The van der Waals surface area contributed by atoms with Crippen LogP contribution < -0.4 is 5.73 Å². The SMILES string of the molecule is NC1CCc2c(ccc(Cl)c2F)C1. The molecule has 3 heteroatoms. The van der Waals surface area contributed by atoms with Gasteiger partial charge in [0.25, 0.3) is 0 Å². The Morgan fingerprint density at radius 1 is 1.46 bits per heavy atom. The maximum atomic E-state index is 13.4. The Morgan fingerprint density at radius 2 is 2.23 bits per heavy atom. The van der Waals surface area contributed by atoms with Crippen LogP contribution in [0, 0.1) is 5.82 Å². The first-order valence-electron chi connectivity index (χ1n) is 4.40. The van der Waals surface area contributed by atoms with Gasteiger partial charge in [0, 0.05) is 6.04 Å². The van der Waals surface area contributed by atoms with E-state index in [9.17, 15) is 4.39 Å². The lowest BCUT2D eigenvalue weighted by atomic mass is 9.88. The van der Waals surface area contributed by atoms with Gasteiger partial charge in [0.2, 0.25) is 0 Å². The fourth-order valence-electron chi connectivity index (χ4n) is 1.81. The molecule has 0 bridgehead atoms. The molecule has 70 valence electrons. The topological polar surface area (TPSA) is 26.0 Å². The molecule has 1 aliphatic carbocycles. The van der Waals surface area contributed by atoms with Crippen LogP contribution in [0.2, 0.25) is 5.02 Å². The lowest BCUT2D eigenvalue weighted by Crippen LogP contribution is -2.28. The zero-order chi connectivity index (χ0) is 9.42. The van der Waals surface area contributed by atoms with E-state index in [2.05, 4.69) is 0 Å². The summed E-state index contributed by atoms with van der Waals surface area (Å²) in [6.07, 6.45) is 2.33. The molecule has 0 aromatic heterocycles. The van der Waals surface area contributed by atoms with Crippen LogP contribution in [0.25, 0.3) is 0 Å². The normalized spacial score (nSPS) is 21.3. The van der Waals surface area contributed by atoms with Gasteiger partial charge in [0.05, 0.1) is 5.02 Å². The third-order valence-corrected chi connectivity index (χ3v) is 2.83. The lowest BCUT2D eigenvalue weighted by molar-refractivity contribution is 0.538. The molecule has 1 nitrogen and oxygen atoms in total. The average molecular weight is 200 g/mol. The first kappa shape index (κ1) is 8.97. The molecule has 0 saturated carbocycles. The standard InChI is InChI=1S/C10H11ClFN/c11-9-4-1-6-5-7(13)2-3-8(6)10(9)12/h1,4,7H,2-3,5,13H2. The zero-order valence-electron chi connectivity index (χ0n) is 7.19. The predicted molar refractivity (Wildman–Crippen MR) is 51.4 cm³/mol. The molecule has 1 aromatic rings. The molecule has 0 spiro atoms. The first-order chi connectivity index (χ1) is 6.18. The summed E-state index contributed by atoms with van der Waals surface area (Å²) in [6, 6.07) is 3.65. The van der Waals surface area contributed by atoms with E-state index in [-0.39, 0.29) is 16.9 Å². The van der Waals surface area contributed by atoms with E-state index in [0.29, 0.717) is 6.42 Å². The summed E-state index contributed by atoms with van der Waals surface area (Å²) < 4.78 is 13.4. The molecule has 2 rings (SSSR count). The Hall–Kier alpha value is -0.600. The highest BCUT2D eigenvalue weighted by atomic mass is 35.5. The summed E-state index contributed by atoms with van der Waals surface area (Å²) in [6.45, 7) is 0. The van der Waals surface area contributed by atoms with Gasteiger partial charge in [-0.2, -0.15) is 0 Å². The highest BCUT2D eigenvalue weighted by Crippen LogP contribution is 2.27. The minimum Gasteiger partial charge on any atom is -0.327 e. The molecule has 0 radical (unpaired) electrons. The highest BCUT2D eigenvalue weighted by Gasteiger charge is 2.19. The van der Waals surface area contributed by atoms with E-state index in [1.165, 1.54) is 0 Å². The first-order valence-corrected chi connectivity index (χ1v) is 4.77. The van der Waals surface area contributed by atoms with E-state index in [1.54, 1.807) is 6.07 Å². The average Bonchev–Trinajstić information content (AvgIpc) is 2.12. The van der Waals surface area contributed by atoms with Crippen molar-refractivity contribution >= 4 is 11.6 Å². The number of rotatable bonds is 0. The van der Waals surface area contributed by atoms with Crippen molar-refractivity contribution in [2.45, 2.75) is 25.3 Å². The molecule has 13 heavy (non-hydrogen) atoms. The summed E-state index contributed by atoms with van der Waals surface area (Å²) in [5.41, 5.74) is 7.56. The van der Waals surface area contributed by atoms with Gasteiger partial charge in [-0.25, -0.2) is 4.39 Å². The van der Waals surface area contributed by atoms with E-state index in [4.69, 9.17) is 17.3 Å². The van der Waals surface area contributed by atoms with Crippen LogP contribution in [0.4, 0.5) is 4.39 Å². The maximum Gasteiger partial charge on any atom is 0.145 e. The third-order valence-electron chi connectivity index (χ3n) is 2.54. The Balaban J connectivity index is 2.47. The number of benzene rings is 1. The van der Waals surface area contributed by atoms with E-state index in [0.717, 1.165) is 24.0 Å². The van der Waals surface area contributed by atoms with Crippen molar-refractivity contribution < 1.29 is 4.39 Å². The van der Waals surface area contributed by atoms with Crippen LogP contribution in [0.1, 0.15) is 17.5 Å². The molecule has 0 aliphatic heterocycles. The van der Waals surface area contributed by atoms with Crippen molar-refractivity contribution in [1.29, 1.82) is 0 Å². The minimum atomic E-state index is -0.258. The van der Waals surface area contributed by atoms with E-state index < -0.39 is 0 Å². The van der Waals surface area contributed by atoms with E-state index in [1.807, 2.05) is 6.07 Å². The summed E-state index contributed by atoms with van der Waals surface area (Å²) in [7, 11) is 0. The Kier molecular flexibility index (Phi) is 2.26. The van der Waals surface area contributed by atoms with Gasteiger partial charge in [0.1, 0.15) is 5.82 Å². The minimum absolute atomic E-state index is 0.174. The number of halogens is 2. The Morgan fingerprint density at radius 3 is 3.00 bits per heavy atom. The van der Waals surface area contributed by atoms with Gasteiger partial charge < -0.3 is 5.73 Å². The van der Waals surface area contributed by atoms with Crippen LogP contribution in [0.3, 0.4) is 0 Å². The van der Waals surface area contributed by atoms with Gasteiger partial charge in [-0.3, -0.25) is 0 Å². The molecule has 1 atom stereocenters.